The second-order valence-electron chi connectivity index (χ2n) is 8.67. The van der Waals surface area contributed by atoms with Gasteiger partial charge in [0.1, 0.15) is 5.54 Å². The van der Waals surface area contributed by atoms with Crippen molar-refractivity contribution in [2.75, 3.05) is 32.7 Å². The second kappa shape index (κ2) is 9.05. The molecule has 1 aliphatic heterocycles. The maximum absolute atomic E-state index is 12.9. The van der Waals surface area contributed by atoms with E-state index in [1.165, 1.54) is 12.8 Å². The average Bonchev–Trinajstić information content (AvgIpc) is 2.68. The molecule has 1 saturated heterocycles. The SMILES string of the molecule is CC1CCCC(NC(=O)CN2CCN(C(=O)C(C)(N)c3ccccc3)CC2)C1. The smallest absolute Gasteiger partial charge is 0.247 e. The van der Waals surface area contributed by atoms with E-state index in [2.05, 4.69) is 17.1 Å². The van der Waals surface area contributed by atoms with Crippen LogP contribution in [0.15, 0.2) is 30.3 Å². The molecule has 154 valence electrons. The number of benzene rings is 1. The Morgan fingerprint density at radius 2 is 1.82 bits per heavy atom. The van der Waals surface area contributed by atoms with Crippen molar-refractivity contribution in [1.82, 2.24) is 15.1 Å². The Labute approximate surface area is 168 Å². The molecule has 6 nitrogen and oxygen atoms in total. The molecule has 3 rings (SSSR count). The number of rotatable bonds is 5. The predicted octanol–water partition coefficient (Wildman–Crippen LogP) is 1.70. The van der Waals surface area contributed by atoms with E-state index in [1.54, 1.807) is 6.92 Å². The summed E-state index contributed by atoms with van der Waals surface area (Å²) in [5, 5.41) is 3.20. The highest BCUT2D eigenvalue weighted by molar-refractivity contribution is 5.87. The first-order chi connectivity index (χ1) is 13.4. The van der Waals surface area contributed by atoms with Crippen LogP contribution >= 0.6 is 0 Å². The van der Waals surface area contributed by atoms with Crippen LogP contribution in [0.3, 0.4) is 0 Å². The molecule has 1 saturated carbocycles. The first-order valence-electron chi connectivity index (χ1n) is 10.5. The zero-order valence-electron chi connectivity index (χ0n) is 17.2. The Kier molecular flexibility index (Phi) is 6.73. The summed E-state index contributed by atoms with van der Waals surface area (Å²) in [6.07, 6.45) is 4.65. The lowest BCUT2D eigenvalue weighted by atomic mass is 9.87. The molecule has 2 amide bonds. The number of hydrogen-bond donors (Lipinski definition) is 2. The number of carbonyl (C=O) groups excluding carboxylic acids is 2. The van der Waals surface area contributed by atoms with E-state index in [0.717, 1.165) is 18.4 Å². The number of nitrogens with one attached hydrogen (secondary N) is 1. The molecule has 1 aromatic carbocycles. The molecular formula is C22H34N4O2. The maximum atomic E-state index is 12.9. The highest BCUT2D eigenvalue weighted by atomic mass is 16.2. The standard InChI is InChI=1S/C22H34N4O2/c1-17-7-6-10-19(15-17)24-20(27)16-25-11-13-26(14-12-25)21(28)22(2,23)18-8-4-3-5-9-18/h3-5,8-9,17,19H,6-7,10-16,23H2,1-2H3,(H,24,27). The Bertz CT molecular complexity index is 668. The molecule has 3 atom stereocenters. The van der Waals surface area contributed by atoms with E-state index in [-0.39, 0.29) is 11.8 Å². The summed E-state index contributed by atoms with van der Waals surface area (Å²) in [7, 11) is 0. The molecule has 3 N–H and O–H groups in total. The van der Waals surface area contributed by atoms with Gasteiger partial charge in [0.05, 0.1) is 6.54 Å². The molecule has 0 spiro atoms. The fourth-order valence-corrected chi connectivity index (χ4v) is 4.39. The third kappa shape index (κ3) is 5.11. The lowest BCUT2D eigenvalue weighted by Crippen LogP contribution is -2.57. The highest BCUT2D eigenvalue weighted by Crippen LogP contribution is 2.24. The fourth-order valence-electron chi connectivity index (χ4n) is 4.39. The Hall–Kier alpha value is -1.92. The van der Waals surface area contributed by atoms with Crippen molar-refractivity contribution in [2.24, 2.45) is 11.7 Å². The molecule has 1 aliphatic carbocycles. The normalized spacial score (nSPS) is 25.8. The van der Waals surface area contributed by atoms with Crippen LogP contribution in [0, 0.1) is 5.92 Å². The van der Waals surface area contributed by atoms with E-state index >= 15 is 0 Å². The molecule has 0 aromatic heterocycles. The summed E-state index contributed by atoms with van der Waals surface area (Å²) in [6, 6.07) is 9.83. The Balaban J connectivity index is 1.46. The van der Waals surface area contributed by atoms with Gasteiger partial charge in [-0.2, -0.15) is 0 Å². The van der Waals surface area contributed by atoms with Crippen LogP contribution in [0.5, 0.6) is 0 Å². The van der Waals surface area contributed by atoms with Gasteiger partial charge < -0.3 is 16.0 Å². The predicted molar refractivity (Wildman–Crippen MR) is 111 cm³/mol. The van der Waals surface area contributed by atoms with Gasteiger partial charge in [0.25, 0.3) is 0 Å². The summed E-state index contributed by atoms with van der Waals surface area (Å²) < 4.78 is 0. The van der Waals surface area contributed by atoms with Gasteiger partial charge in [0.15, 0.2) is 0 Å². The lowest BCUT2D eigenvalue weighted by molar-refractivity contribution is -0.138. The molecule has 1 heterocycles. The van der Waals surface area contributed by atoms with E-state index < -0.39 is 5.54 Å². The number of nitrogens with zero attached hydrogens (tertiary/aromatic N) is 2. The van der Waals surface area contributed by atoms with E-state index in [0.29, 0.717) is 44.7 Å². The number of nitrogens with two attached hydrogens (primary N) is 1. The summed E-state index contributed by atoms with van der Waals surface area (Å²) in [5.74, 6) is 0.745. The third-order valence-electron chi connectivity index (χ3n) is 6.15. The maximum Gasteiger partial charge on any atom is 0.247 e. The van der Waals surface area contributed by atoms with Crippen molar-refractivity contribution in [3.05, 3.63) is 35.9 Å². The number of carbonyl (C=O) groups is 2. The largest absolute Gasteiger partial charge is 0.352 e. The minimum Gasteiger partial charge on any atom is -0.352 e. The topological polar surface area (TPSA) is 78.7 Å². The lowest BCUT2D eigenvalue weighted by Gasteiger charge is -2.38. The van der Waals surface area contributed by atoms with Gasteiger partial charge in [0, 0.05) is 32.2 Å². The van der Waals surface area contributed by atoms with E-state index in [4.69, 9.17) is 5.73 Å². The van der Waals surface area contributed by atoms with Gasteiger partial charge in [-0.3, -0.25) is 14.5 Å². The van der Waals surface area contributed by atoms with Crippen LogP contribution in [0.1, 0.15) is 45.1 Å². The van der Waals surface area contributed by atoms with Crippen LogP contribution < -0.4 is 11.1 Å². The molecule has 28 heavy (non-hydrogen) atoms. The fraction of sp³-hybridized carbons (Fsp3) is 0.636. The summed E-state index contributed by atoms with van der Waals surface area (Å²) in [4.78, 5) is 29.3. The van der Waals surface area contributed by atoms with Gasteiger partial charge in [-0.15, -0.1) is 0 Å². The molecule has 0 radical (unpaired) electrons. The van der Waals surface area contributed by atoms with Gasteiger partial charge in [-0.1, -0.05) is 50.1 Å². The molecule has 6 heteroatoms. The average molecular weight is 387 g/mol. The quantitative estimate of drug-likeness (QED) is 0.807. The third-order valence-corrected chi connectivity index (χ3v) is 6.15. The Morgan fingerprint density at radius 3 is 2.46 bits per heavy atom. The molecule has 2 aliphatic rings. The van der Waals surface area contributed by atoms with Gasteiger partial charge in [0.2, 0.25) is 11.8 Å². The van der Waals surface area contributed by atoms with E-state index in [9.17, 15) is 9.59 Å². The van der Waals surface area contributed by atoms with Crippen molar-refractivity contribution in [2.45, 2.75) is 51.1 Å². The van der Waals surface area contributed by atoms with Crippen LogP contribution in [0.2, 0.25) is 0 Å². The minimum absolute atomic E-state index is 0.0565. The molecule has 1 aromatic rings. The van der Waals surface area contributed by atoms with E-state index in [1.807, 2.05) is 35.2 Å². The molecule has 0 bridgehead atoms. The zero-order chi connectivity index (χ0) is 20.1. The summed E-state index contributed by atoms with van der Waals surface area (Å²) in [5.41, 5.74) is 6.17. The molecular weight excluding hydrogens is 352 g/mol. The number of amides is 2. The van der Waals surface area contributed by atoms with Crippen molar-refractivity contribution >= 4 is 11.8 Å². The van der Waals surface area contributed by atoms with Crippen molar-refractivity contribution in [3.63, 3.8) is 0 Å². The van der Waals surface area contributed by atoms with Crippen LogP contribution in [0.25, 0.3) is 0 Å². The zero-order valence-corrected chi connectivity index (χ0v) is 17.2. The molecule has 2 fully saturated rings. The first kappa shape index (κ1) is 20.8. The van der Waals surface area contributed by atoms with Crippen LogP contribution in [-0.2, 0) is 15.1 Å². The van der Waals surface area contributed by atoms with Crippen molar-refractivity contribution in [1.29, 1.82) is 0 Å². The van der Waals surface area contributed by atoms with Crippen molar-refractivity contribution < 1.29 is 9.59 Å². The summed E-state index contributed by atoms with van der Waals surface area (Å²) >= 11 is 0. The van der Waals surface area contributed by atoms with Gasteiger partial charge in [-0.05, 0) is 31.2 Å². The van der Waals surface area contributed by atoms with Crippen molar-refractivity contribution in [3.8, 4) is 0 Å². The number of piperazine rings is 1. The van der Waals surface area contributed by atoms with Crippen LogP contribution in [0.4, 0.5) is 0 Å². The number of hydrogen-bond acceptors (Lipinski definition) is 4. The second-order valence-corrected chi connectivity index (χ2v) is 8.67. The monoisotopic (exact) mass is 386 g/mol. The minimum atomic E-state index is -1.03. The van der Waals surface area contributed by atoms with Gasteiger partial charge in [-0.25, -0.2) is 0 Å². The summed E-state index contributed by atoms with van der Waals surface area (Å²) in [6.45, 7) is 7.05. The highest BCUT2D eigenvalue weighted by Gasteiger charge is 2.36. The molecule has 3 unspecified atom stereocenters. The van der Waals surface area contributed by atoms with Crippen LogP contribution in [-0.4, -0.2) is 60.4 Å². The Morgan fingerprint density at radius 1 is 1.14 bits per heavy atom. The first-order valence-corrected chi connectivity index (χ1v) is 10.5. The van der Waals surface area contributed by atoms with Gasteiger partial charge >= 0.3 is 0 Å².